The van der Waals surface area contributed by atoms with E-state index in [0.717, 1.165) is 23.9 Å². The number of anilines is 1. The second kappa shape index (κ2) is 15.8. The molecule has 0 unspecified atom stereocenters. The molecule has 1 fully saturated rings. The van der Waals surface area contributed by atoms with Crippen molar-refractivity contribution in [1.82, 2.24) is 25.3 Å². The molecule has 252 valence electrons. The largest absolute Gasteiger partial charge is 0.416 e. The van der Waals surface area contributed by atoms with E-state index in [1.807, 2.05) is 35.0 Å². The van der Waals surface area contributed by atoms with Gasteiger partial charge >= 0.3 is 18.2 Å². The number of nitrogen functional groups attached to an aromatic ring is 1. The van der Waals surface area contributed by atoms with Gasteiger partial charge in [0.1, 0.15) is 6.29 Å². The Morgan fingerprint density at radius 2 is 1.87 bits per heavy atom. The van der Waals surface area contributed by atoms with Gasteiger partial charge in [-0.15, -0.1) is 0 Å². The zero-order valence-corrected chi connectivity index (χ0v) is 26.6. The number of piperidine rings is 1. The maximum Gasteiger partial charge on any atom is 0.416 e. The van der Waals surface area contributed by atoms with E-state index >= 15 is 0 Å². The minimum absolute atomic E-state index is 0.0289. The van der Waals surface area contributed by atoms with Crippen molar-refractivity contribution in [3.63, 3.8) is 0 Å². The highest BCUT2D eigenvalue weighted by Crippen LogP contribution is 2.29. The smallest absolute Gasteiger partial charge is 0.398 e. The quantitative estimate of drug-likeness (QED) is 0.167. The van der Waals surface area contributed by atoms with Gasteiger partial charge in [-0.25, -0.2) is 9.59 Å². The first-order chi connectivity index (χ1) is 22.4. The van der Waals surface area contributed by atoms with Gasteiger partial charge in [-0.2, -0.15) is 13.2 Å². The minimum atomic E-state index is -4.42. The number of hydrogen-bond donors (Lipinski definition) is 4. The highest BCUT2D eigenvalue weighted by molar-refractivity contribution is 5.88. The first-order valence-electron chi connectivity index (χ1n) is 15.6. The van der Waals surface area contributed by atoms with Gasteiger partial charge in [0.15, 0.2) is 0 Å². The van der Waals surface area contributed by atoms with Crippen molar-refractivity contribution in [2.24, 2.45) is 0 Å². The van der Waals surface area contributed by atoms with Crippen molar-refractivity contribution in [3.05, 3.63) is 88.0 Å². The molecule has 0 bridgehead atoms. The summed E-state index contributed by atoms with van der Waals surface area (Å²) in [6.45, 7) is 4.36. The van der Waals surface area contributed by atoms with Crippen LogP contribution in [0.3, 0.4) is 0 Å². The molecular weight excluding hydrogens is 611 g/mol. The molecule has 0 aromatic heterocycles. The number of aldehydes is 1. The first-order valence-corrected chi connectivity index (χ1v) is 15.6. The van der Waals surface area contributed by atoms with Crippen LogP contribution < -0.4 is 16.4 Å². The fraction of sp³-hybridized carbons (Fsp3) is 0.412. The number of urea groups is 2. The molecule has 1 saturated heterocycles. The molecule has 1 atom stereocenters. The number of carbonyl (C=O) groups excluding carboxylic acids is 3. The van der Waals surface area contributed by atoms with E-state index in [4.69, 9.17) is 11.1 Å². The number of halogens is 3. The summed E-state index contributed by atoms with van der Waals surface area (Å²) in [7, 11) is 1.80. The Balaban J connectivity index is 1.39. The zero-order valence-electron chi connectivity index (χ0n) is 26.6. The Bertz CT molecular complexity index is 1500. The molecule has 2 aliphatic heterocycles. The van der Waals surface area contributed by atoms with Crippen LogP contribution in [0, 0.1) is 5.41 Å². The lowest BCUT2D eigenvalue weighted by atomic mass is 9.94. The number of carbonyl (C=O) groups is 3. The normalized spacial score (nSPS) is 18.3. The number of amides is 4. The third kappa shape index (κ3) is 9.22. The van der Waals surface area contributed by atoms with E-state index in [2.05, 4.69) is 10.6 Å². The van der Waals surface area contributed by atoms with Crippen molar-refractivity contribution in [2.75, 3.05) is 39.0 Å². The van der Waals surface area contributed by atoms with E-state index in [0.29, 0.717) is 86.3 Å². The summed E-state index contributed by atoms with van der Waals surface area (Å²) in [5.41, 5.74) is 9.44. The monoisotopic (exact) mass is 653 g/mol. The van der Waals surface area contributed by atoms with Gasteiger partial charge in [0.2, 0.25) is 0 Å². The number of likely N-dealkylation sites (tertiary alicyclic amines) is 1. The standard InChI is InChI=1S/C34H42F3N7O3/c1-3-23-5-4-14-40-32(46)44(20-23)28-12-15-43(16-13-28)33(47)41-27(22-45)17-25-8-11-31(39)29(18-38)30(25)21-42(2)19-24-6-9-26(10-7-24)34(35,36)37/h3-11,18,22,27-28,38H,12-17,19-21,39H2,1-2H3,(H,40,46)(H,41,47)/b5-4-,23-3+,38-18?/t27-/m1/s1. The van der Waals surface area contributed by atoms with Crippen LogP contribution in [0.1, 0.15) is 47.6 Å². The molecule has 10 nitrogen and oxygen atoms in total. The van der Waals surface area contributed by atoms with Gasteiger partial charge in [0.05, 0.1) is 11.6 Å². The van der Waals surface area contributed by atoms with Crippen LogP contribution in [0.25, 0.3) is 0 Å². The van der Waals surface area contributed by atoms with Crippen molar-refractivity contribution in [3.8, 4) is 0 Å². The van der Waals surface area contributed by atoms with Gasteiger partial charge in [-0.1, -0.05) is 36.4 Å². The lowest BCUT2D eigenvalue weighted by molar-refractivity contribution is -0.137. The summed E-state index contributed by atoms with van der Waals surface area (Å²) < 4.78 is 38.9. The molecule has 0 radical (unpaired) electrons. The van der Waals surface area contributed by atoms with E-state index in [9.17, 15) is 27.6 Å². The van der Waals surface area contributed by atoms with E-state index in [-0.39, 0.29) is 24.5 Å². The van der Waals surface area contributed by atoms with Crippen LogP contribution in [-0.2, 0) is 30.5 Å². The number of rotatable bonds is 10. The van der Waals surface area contributed by atoms with Crippen molar-refractivity contribution in [1.29, 1.82) is 5.41 Å². The molecule has 0 saturated carbocycles. The number of benzene rings is 2. The van der Waals surface area contributed by atoms with Crippen LogP contribution in [0.4, 0.5) is 28.4 Å². The van der Waals surface area contributed by atoms with Crippen molar-refractivity contribution < 1.29 is 27.6 Å². The molecule has 2 heterocycles. The minimum Gasteiger partial charge on any atom is -0.398 e. The molecular formula is C34H42F3N7O3. The average Bonchev–Trinajstić information content (AvgIpc) is 3.04. The molecule has 2 aliphatic rings. The van der Waals surface area contributed by atoms with Crippen molar-refractivity contribution in [2.45, 2.75) is 57.5 Å². The molecule has 47 heavy (non-hydrogen) atoms. The van der Waals surface area contributed by atoms with E-state index in [1.54, 1.807) is 24.1 Å². The number of nitrogens with zero attached hydrogens (tertiary/aromatic N) is 3. The Labute approximate surface area is 273 Å². The maximum atomic E-state index is 13.2. The second-order valence-electron chi connectivity index (χ2n) is 11.9. The summed E-state index contributed by atoms with van der Waals surface area (Å²) >= 11 is 0. The fourth-order valence-corrected chi connectivity index (χ4v) is 5.98. The fourth-order valence-electron chi connectivity index (χ4n) is 5.98. The molecule has 4 rings (SSSR count). The highest BCUT2D eigenvalue weighted by atomic mass is 19.4. The Kier molecular flexibility index (Phi) is 11.8. The van der Waals surface area contributed by atoms with Gasteiger partial charge in [-0.3, -0.25) is 4.90 Å². The number of nitrogens with one attached hydrogen (secondary N) is 3. The number of nitrogens with two attached hydrogens (primary N) is 1. The number of allylic oxidation sites excluding steroid dienone is 1. The van der Waals surface area contributed by atoms with E-state index in [1.165, 1.54) is 12.1 Å². The maximum absolute atomic E-state index is 13.2. The van der Waals surface area contributed by atoms with Crippen molar-refractivity contribution >= 4 is 30.3 Å². The summed E-state index contributed by atoms with van der Waals surface area (Å²) in [6, 6.07) is 6.97. The van der Waals surface area contributed by atoms with Gasteiger partial charge in [-0.05, 0) is 73.7 Å². The molecule has 5 N–H and O–H groups in total. The third-order valence-corrected chi connectivity index (χ3v) is 8.59. The second-order valence-corrected chi connectivity index (χ2v) is 11.9. The number of hydrogen-bond acceptors (Lipinski definition) is 6. The van der Waals surface area contributed by atoms with Crippen LogP contribution in [0.2, 0.25) is 0 Å². The molecule has 13 heteroatoms. The molecule has 2 aromatic rings. The Morgan fingerprint density at radius 3 is 2.49 bits per heavy atom. The molecule has 0 aliphatic carbocycles. The predicted octanol–water partition coefficient (Wildman–Crippen LogP) is 4.73. The van der Waals surface area contributed by atoms with Crippen LogP contribution >= 0.6 is 0 Å². The van der Waals surface area contributed by atoms with Crippen LogP contribution in [0.5, 0.6) is 0 Å². The summed E-state index contributed by atoms with van der Waals surface area (Å²) in [4.78, 5) is 43.5. The summed E-state index contributed by atoms with van der Waals surface area (Å²) in [6.07, 6.45) is 4.67. The van der Waals surface area contributed by atoms with Gasteiger partial charge in [0.25, 0.3) is 0 Å². The number of alkyl halides is 3. The molecule has 0 spiro atoms. The van der Waals surface area contributed by atoms with Crippen LogP contribution in [0.15, 0.2) is 60.2 Å². The first kappa shape index (κ1) is 35.2. The average molecular weight is 654 g/mol. The Morgan fingerprint density at radius 1 is 1.17 bits per heavy atom. The van der Waals surface area contributed by atoms with E-state index < -0.39 is 17.8 Å². The molecule has 4 amide bonds. The predicted molar refractivity (Wildman–Crippen MR) is 175 cm³/mol. The molecule has 2 aromatic carbocycles. The summed E-state index contributed by atoms with van der Waals surface area (Å²) in [5, 5.41) is 13.7. The lowest BCUT2D eigenvalue weighted by Gasteiger charge is -2.39. The van der Waals surface area contributed by atoms with Crippen LogP contribution in [-0.4, -0.2) is 84.6 Å². The topological polar surface area (TPSA) is 135 Å². The lowest BCUT2D eigenvalue weighted by Crippen LogP contribution is -2.54. The summed E-state index contributed by atoms with van der Waals surface area (Å²) in [5.74, 6) is 0. The van der Waals surface area contributed by atoms with Gasteiger partial charge < -0.3 is 36.4 Å². The SMILES string of the molecule is C/C=C1\C=C/CNC(=O)N(C2CCN(C(=O)N[C@@H](C=O)Cc3ccc(N)c(C=N)c3CN(C)Cc3ccc(C(F)(F)F)cc3)CC2)C1. The van der Waals surface area contributed by atoms with Gasteiger partial charge in [0, 0.05) is 62.8 Å². The highest BCUT2D eigenvalue weighted by Gasteiger charge is 2.32. The Hall–Kier alpha value is -4.65. The third-order valence-electron chi connectivity index (χ3n) is 8.59. The zero-order chi connectivity index (χ0) is 34.1.